The molecule has 0 bridgehead atoms. The second-order valence-corrected chi connectivity index (χ2v) is 4.92. The molecule has 1 aromatic carbocycles. The smallest absolute Gasteiger partial charge is 0.383 e. The monoisotopic (exact) mass is 322 g/mol. The first kappa shape index (κ1) is 15.2. The Morgan fingerprint density at radius 1 is 1.33 bits per heavy atom. The summed E-state index contributed by atoms with van der Waals surface area (Å²) in [6, 6.07) is 3.79. The van der Waals surface area contributed by atoms with Crippen molar-refractivity contribution in [2.24, 2.45) is 0 Å². The molecule has 2 N–H and O–H groups in total. The largest absolute Gasteiger partial charge is 0.478 e. The lowest BCUT2D eigenvalue weighted by molar-refractivity contribution is -0.163. The van der Waals surface area contributed by atoms with Crippen LogP contribution in [-0.2, 0) is 4.79 Å². The van der Waals surface area contributed by atoms with Crippen molar-refractivity contribution >= 4 is 38.6 Å². The van der Waals surface area contributed by atoms with Gasteiger partial charge in [-0.25, -0.2) is 18.6 Å². The molecule has 0 aliphatic heterocycles. The van der Waals surface area contributed by atoms with Crippen molar-refractivity contribution in [2.45, 2.75) is 12.3 Å². The molecule has 0 unspecified atom stereocenters. The van der Waals surface area contributed by atoms with E-state index in [2.05, 4.69) is 4.98 Å². The summed E-state index contributed by atoms with van der Waals surface area (Å²) in [5.74, 6) is -8.19. The third kappa shape index (κ3) is 2.94. The molecule has 0 radical (unpaired) electrons. The van der Waals surface area contributed by atoms with Crippen LogP contribution in [0.4, 0.5) is 22.7 Å². The van der Waals surface area contributed by atoms with E-state index in [1.165, 1.54) is 18.2 Å². The molecule has 0 saturated carbocycles. The molecule has 1 amide bonds. The van der Waals surface area contributed by atoms with Gasteiger partial charge in [-0.3, -0.25) is 10.1 Å². The fraction of sp³-hybridized carbons (Fsp3) is 0.182. The van der Waals surface area contributed by atoms with E-state index < -0.39 is 24.2 Å². The lowest BCUT2D eigenvalue weighted by atomic mass is 10.2. The maximum atomic E-state index is 12.8. The van der Waals surface area contributed by atoms with Gasteiger partial charge in [0.25, 0.3) is 0 Å². The summed E-state index contributed by atoms with van der Waals surface area (Å²) in [4.78, 5) is 25.6. The van der Waals surface area contributed by atoms with Gasteiger partial charge in [0.1, 0.15) is 0 Å². The number of carbonyl (C=O) groups excluding carboxylic acids is 1. The number of amides is 1. The summed E-state index contributed by atoms with van der Waals surface area (Å²) in [7, 11) is 0. The van der Waals surface area contributed by atoms with Crippen LogP contribution in [0.1, 0.15) is 10.4 Å². The van der Waals surface area contributed by atoms with Crippen molar-refractivity contribution in [1.82, 2.24) is 4.98 Å². The Morgan fingerprint density at radius 3 is 2.57 bits per heavy atom. The molecule has 0 fully saturated rings. The molecular weight excluding hydrogens is 316 g/mol. The number of aromatic carboxylic acids is 1. The Hall–Kier alpha value is -2.23. The zero-order valence-electron chi connectivity index (χ0n) is 9.94. The van der Waals surface area contributed by atoms with Gasteiger partial charge < -0.3 is 5.11 Å². The first-order chi connectivity index (χ1) is 9.71. The minimum absolute atomic E-state index is 0.0538. The topological polar surface area (TPSA) is 79.3 Å². The highest BCUT2D eigenvalue weighted by atomic mass is 32.1. The molecule has 21 heavy (non-hydrogen) atoms. The number of carbonyl (C=O) groups is 2. The second kappa shape index (κ2) is 5.28. The molecule has 0 spiro atoms. The number of nitrogens with zero attached hydrogens (tertiary/aromatic N) is 1. The van der Waals surface area contributed by atoms with Crippen molar-refractivity contribution in [3.05, 3.63) is 23.8 Å². The number of nitrogens with one attached hydrogen (secondary N) is 1. The quantitative estimate of drug-likeness (QED) is 0.848. The van der Waals surface area contributed by atoms with Gasteiger partial charge in [-0.15, -0.1) is 0 Å². The second-order valence-electron chi connectivity index (χ2n) is 3.88. The van der Waals surface area contributed by atoms with Crippen LogP contribution in [0.15, 0.2) is 18.2 Å². The van der Waals surface area contributed by atoms with E-state index in [0.29, 0.717) is 16.0 Å². The van der Waals surface area contributed by atoms with Crippen LogP contribution in [0.3, 0.4) is 0 Å². The third-order valence-corrected chi connectivity index (χ3v) is 3.37. The number of aromatic nitrogens is 1. The maximum Gasteiger partial charge on any atom is 0.383 e. The van der Waals surface area contributed by atoms with E-state index in [9.17, 15) is 27.2 Å². The first-order valence-electron chi connectivity index (χ1n) is 5.33. The number of carboxylic acids is 1. The highest BCUT2D eigenvalue weighted by molar-refractivity contribution is 7.22. The lowest BCUT2D eigenvalue weighted by Gasteiger charge is -2.13. The van der Waals surface area contributed by atoms with Gasteiger partial charge in [-0.1, -0.05) is 11.3 Å². The number of carboxylic acid groups (broad SMARTS) is 1. The standard InChI is InChI=1S/C11H6F4N2O3S/c12-8(13)11(14,15)9(20)17-10-16-5-2-1-4(7(18)19)3-6(5)21-10/h1-3,8H,(H,18,19)(H,16,17,20). The molecule has 0 saturated heterocycles. The summed E-state index contributed by atoms with van der Waals surface area (Å²) in [6.45, 7) is 0. The van der Waals surface area contributed by atoms with Gasteiger partial charge in [0, 0.05) is 0 Å². The lowest BCUT2D eigenvalue weighted by Crippen LogP contribution is -2.40. The van der Waals surface area contributed by atoms with Crippen LogP contribution >= 0.6 is 11.3 Å². The van der Waals surface area contributed by atoms with Crippen LogP contribution in [0, 0.1) is 0 Å². The fourth-order valence-electron chi connectivity index (χ4n) is 1.39. The SMILES string of the molecule is O=C(O)c1ccc2nc(NC(=O)C(F)(F)C(F)F)sc2c1. The average molecular weight is 322 g/mol. The molecule has 10 heteroatoms. The minimum Gasteiger partial charge on any atom is -0.478 e. The Morgan fingerprint density at radius 2 is 2.00 bits per heavy atom. The van der Waals surface area contributed by atoms with Gasteiger partial charge in [0.15, 0.2) is 5.13 Å². The molecule has 112 valence electrons. The number of thiazole rings is 1. The molecule has 0 aliphatic rings. The van der Waals surface area contributed by atoms with E-state index in [4.69, 9.17) is 5.11 Å². The fourth-order valence-corrected chi connectivity index (χ4v) is 2.29. The first-order valence-corrected chi connectivity index (χ1v) is 6.14. The van der Waals surface area contributed by atoms with Gasteiger partial charge >= 0.3 is 24.2 Å². The molecule has 5 nitrogen and oxygen atoms in total. The van der Waals surface area contributed by atoms with Gasteiger partial charge in [0.2, 0.25) is 0 Å². The molecule has 0 atom stereocenters. The molecule has 1 aromatic heterocycles. The molecule has 2 aromatic rings. The Kier molecular flexibility index (Phi) is 3.81. The van der Waals surface area contributed by atoms with E-state index >= 15 is 0 Å². The van der Waals surface area contributed by atoms with Crippen molar-refractivity contribution in [3.8, 4) is 0 Å². The normalized spacial score (nSPS) is 11.9. The van der Waals surface area contributed by atoms with Gasteiger partial charge in [-0.05, 0) is 18.2 Å². The summed E-state index contributed by atoms with van der Waals surface area (Å²) >= 11 is 0.700. The van der Waals surface area contributed by atoms with E-state index in [1.54, 1.807) is 5.32 Å². The number of halogens is 4. The number of anilines is 1. The summed E-state index contributed by atoms with van der Waals surface area (Å²) < 4.78 is 49.9. The van der Waals surface area contributed by atoms with Crippen molar-refractivity contribution in [1.29, 1.82) is 0 Å². The predicted molar refractivity (Wildman–Crippen MR) is 66.2 cm³/mol. The maximum absolute atomic E-state index is 12.8. The average Bonchev–Trinajstić information content (AvgIpc) is 2.79. The highest BCUT2D eigenvalue weighted by Crippen LogP contribution is 2.29. The minimum atomic E-state index is -4.83. The van der Waals surface area contributed by atoms with Crippen LogP contribution < -0.4 is 5.32 Å². The van der Waals surface area contributed by atoms with Crippen molar-refractivity contribution in [2.75, 3.05) is 5.32 Å². The highest BCUT2D eigenvalue weighted by Gasteiger charge is 2.49. The number of fused-ring (bicyclic) bond motifs is 1. The van der Waals surface area contributed by atoms with Crippen LogP contribution in [-0.4, -0.2) is 34.3 Å². The zero-order chi connectivity index (χ0) is 15.8. The summed E-state index contributed by atoms with van der Waals surface area (Å²) in [5.41, 5.74) is 0.197. The summed E-state index contributed by atoms with van der Waals surface area (Å²) in [6.07, 6.45) is -4.13. The number of rotatable bonds is 4. The predicted octanol–water partition coefficient (Wildman–Crippen LogP) is 2.83. The van der Waals surface area contributed by atoms with E-state index in [-0.39, 0.29) is 16.2 Å². The molecular formula is C11H6F4N2O3S. The molecule has 0 aliphatic carbocycles. The van der Waals surface area contributed by atoms with Crippen LogP contribution in [0.25, 0.3) is 10.2 Å². The van der Waals surface area contributed by atoms with Crippen molar-refractivity contribution < 1.29 is 32.3 Å². The number of benzene rings is 1. The van der Waals surface area contributed by atoms with Gasteiger partial charge in [-0.2, -0.15) is 8.78 Å². The Bertz CT molecular complexity index is 717. The van der Waals surface area contributed by atoms with E-state index in [0.717, 1.165) is 0 Å². The number of hydrogen-bond acceptors (Lipinski definition) is 4. The number of hydrogen-bond donors (Lipinski definition) is 2. The van der Waals surface area contributed by atoms with Crippen LogP contribution in [0.2, 0.25) is 0 Å². The van der Waals surface area contributed by atoms with E-state index in [1.807, 2.05) is 0 Å². The molecule has 1 heterocycles. The summed E-state index contributed by atoms with van der Waals surface area (Å²) in [5, 5.41) is 10.1. The number of alkyl halides is 4. The van der Waals surface area contributed by atoms with Crippen molar-refractivity contribution in [3.63, 3.8) is 0 Å². The Balaban J connectivity index is 2.28. The molecule has 2 rings (SSSR count). The Labute approximate surface area is 118 Å². The third-order valence-electron chi connectivity index (χ3n) is 2.43. The van der Waals surface area contributed by atoms with Gasteiger partial charge in [0.05, 0.1) is 15.8 Å². The van der Waals surface area contributed by atoms with Crippen LogP contribution in [0.5, 0.6) is 0 Å². The zero-order valence-corrected chi connectivity index (χ0v) is 10.8.